The molecule has 0 amide bonds. The van der Waals surface area contributed by atoms with E-state index in [0.717, 1.165) is 5.56 Å². The van der Waals surface area contributed by atoms with Gasteiger partial charge in [0.1, 0.15) is 17.1 Å². The molecule has 0 aliphatic carbocycles. The molecule has 22 heavy (non-hydrogen) atoms. The first-order valence-corrected chi connectivity index (χ1v) is 7.15. The number of phenols is 1. The van der Waals surface area contributed by atoms with Crippen LogP contribution in [0.4, 0.5) is 0 Å². The van der Waals surface area contributed by atoms with Gasteiger partial charge in [0.25, 0.3) is 0 Å². The molecule has 0 bridgehead atoms. The van der Waals surface area contributed by atoms with Gasteiger partial charge in [0, 0.05) is 12.0 Å². The van der Waals surface area contributed by atoms with Gasteiger partial charge in [-0.15, -0.1) is 0 Å². The Bertz CT molecular complexity index is 865. The zero-order chi connectivity index (χ0) is 15.7. The van der Waals surface area contributed by atoms with Crippen LogP contribution < -0.4 is 5.63 Å². The van der Waals surface area contributed by atoms with E-state index in [1.165, 1.54) is 12.1 Å². The van der Waals surface area contributed by atoms with E-state index < -0.39 is 5.63 Å². The lowest BCUT2D eigenvalue weighted by Gasteiger charge is -2.16. The maximum Gasteiger partial charge on any atom is 0.343 e. The molecule has 1 aromatic heterocycles. The van der Waals surface area contributed by atoms with Crippen LogP contribution in [0.15, 0.2) is 57.7 Å². The van der Waals surface area contributed by atoms with Gasteiger partial charge in [0.15, 0.2) is 0 Å². The van der Waals surface area contributed by atoms with Gasteiger partial charge >= 0.3 is 5.63 Å². The normalized spacial score (nSPS) is 12.4. The summed E-state index contributed by atoms with van der Waals surface area (Å²) in [6, 6.07) is 13.9. The lowest BCUT2D eigenvalue weighted by atomic mass is 9.89. The summed E-state index contributed by atoms with van der Waals surface area (Å²) in [6.07, 6.45) is 0.659. The summed E-state index contributed by atoms with van der Waals surface area (Å²) in [4.78, 5) is 12.3. The highest BCUT2D eigenvalue weighted by atomic mass is 16.4. The van der Waals surface area contributed by atoms with E-state index >= 15 is 0 Å². The minimum atomic E-state index is -0.577. The quantitative estimate of drug-likeness (QED) is 0.722. The molecule has 112 valence electrons. The zero-order valence-electron chi connectivity index (χ0n) is 12.1. The van der Waals surface area contributed by atoms with Crippen molar-refractivity contribution in [2.75, 3.05) is 0 Å². The van der Waals surface area contributed by atoms with Crippen molar-refractivity contribution in [2.24, 2.45) is 0 Å². The van der Waals surface area contributed by atoms with Crippen molar-refractivity contribution in [1.29, 1.82) is 0 Å². The van der Waals surface area contributed by atoms with Crippen LogP contribution in [0.5, 0.6) is 11.5 Å². The van der Waals surface area contributed by atoms with Crippen LogP contribution in [0, 0.1) is 0 Å². The van der Waals surface area contributed by atoms with Gasteiger partial charge in [-0.1, -0.05) is 37.3 Å². The maximum absolute atomic E-state index is 12.3. The fraction of sp³-hybridized carbons (Fsp3) is 0.167. The fourth-order valence-corrected chi connectivity index (χ4v) is 2.79. The van der Waals surface area contributed by atoms with Crippen molar-refractivity contribution in [2.45, 2.75) is 19.3 Å². The molecule has 0 aliphatic rings. The van der Waals surface area contributed by atoms with Crippen molar-refractivity contribution in [3.8, 4) is 11.5 Å². The first-order chi connectivity index (χ1) is 10.6. The van der Waals surface area contributed by atoms with Gasteiger partial charge in [-0.3, -0.25) is 0 Å². The first-order valence-electron chi connectivity index (χ1n) is 7.15. The van der Waals surface area contributed by atoms with Crippen LogP contribution in [0.3, 0.4) is 0 Å². The molecule has 4 heteroatoms. The highest BCUT2D eigenvalue weighted by Crippen LogP contribution is 2.36. The molecule has 1 atom stereocenters. The summed E-state index contributed by atoms with van der Waals surface area (Å²) in [7, 11) is 0. The Labute approximate surface area is 127 Å². The Kier molecular flexibility index (Phi) is 3.59. The van der Waals surface area contributed by atoms with Crippen LogP contribution in [0.1, 0.15) is 30.4 Å². The van der Waals surface area contributed by atoms with Gasteiger partial charge < -0.3 is 14.6 Å². The number of phenolic OH excluding ortho intramolecular Hbond substituents is 1. The van der Waals surface area contributed by atoms with Crippen molar-refractivity contribution < 1.29 is 14.6 Å². The third-order valence-electron chi connectivity index (χ3n) is 3.86. The Hall–Kier alpha value is -2.75. The van der Waals surface area contributed by atoms with Crippen molar-refractivity contribution in [3.63, 3.8) is 0 Å². The molecule has 1 heterocycles. The number of hydrogen-bond acceptors (Lipinski definition) is 4. The monoisotopic (exact) mass is 296 g/mol. The fourth-order valence-electron chi connectivity index (χ4n) is 2.79. The molecule has 0 unspecified atom stereocenters. The van der Waals surface area contributed by atoms with Crippen LogP contribution in [-0.4, -0.2) is 10.2 Å². The molecule has 2 N–H and O–H groups in total. The van der Waals surface area contributed by atoms with Gasteiger partial charge in [0.2, 0.25) is 0 Å². The Balaban J connectivity index is 2.26. The zero-order valence-corrected chi connectivity index (χ0v) is 12.1. The van der Waals surface area contributed by atoms with Gasteiger partial charge in [-0.05, 0) is 24.1 Å². The summed E-state index contributed by atoms with van der Waals surface area (Å²) in [5, 5.41) is 20.4. The first kappa shape index (κ1) is 14.2. The van der Waals surface area contributed by atoms with E-state index in [1.54, 1.807) is 6.07 Å². The third kappa shape index (κ3) is 2.33. The lowest BCUT2D eigenvalue weighted by molar-refractivity contribution is 0.447. The van der Waals surface area contributed by atoms with Crippen molar-refractivity contribution in [3.05, 3.63) is 70.1 Å². The third-order valence-corrected chi connectivity index (χ3v) is 3.86. The maximum atomic E-state index is 12.3. The van der Waals surface area contributed by atoms with Crippen LogP contribution in [0.2, 0.25) is 0 Å². The Morgan fingerprint density at radius 3 is 2.50 bits per heavy atom. The summed E-state index contributed by atoms with van der Waals surface area (Å²) in [5.74, 6) is -0.337. The summed E-state index contributed by atoms with van der Waals surface area (Å²) in [5.41, 5.74) is 0.804. The Morgan fingerprint density at radius 1 is 1.09 bits per heavy atom. The minimum absolute atomic E-state index is 0.0158. The highest BCUT2D eigenvalue weighted by Gasteiger charge is 2.23. The topological polar surface area (TPSA) is 70.7 Å². The number of hydrogen-bond donors (Lipinski definition) is 2. The van der Waals surface area contributed by atoms with Gasteiger partial charge in [-0.2, -0.15) is 0 Å². The molecule has 0 radical (unpaired) electrons. The summed E-state index contributed by atoms with van der Waals surface area (Å²) in [6.45, 7) is 1.96. The molecule has 0 aliphatic heterocycles. The second kappa shape index (κ2) is 5.56. The second-order valence-electron chi connectivity index (χ2n) is 5.20. The minimum Gasteiger partial charge on any atom is -0.508 e. The van der Waals surface area contributed by atoms with Gasteiger partial charge in [-0.25, -0.2) is 4.79 Å². The second-order valence-corrected chi connectivity index (χ2v) is 5.20. The molecule has 3 aromatic rings. The van der Waals surface area contributed by atoms with E-state index in [2.05, 4.69) is 0 Å². The van der Waals surface area contributed by atoms with E-state index in [-0.39, 0.29) is 28.6 Å². The molecule has 0 fully saturated rings. The number of rotatable bonds is 3. The average molecular weight is 296 g/mol. The van der Waals surface area contributed by atoms with E-state index in [1.807, 2.05) is 37.3 Å². The molecule has 3 rings (SSSR count). The van der Waals surface area contributed by atoms with Crippen molar-refractivity contribution >= 4 is 11.0 Å². The summed E-state index contributed by atoms with van der Waals surface area (Å²) >= 11 is 0. The number of fused-ring (bicyclic) bond motifs is 1. The number of benzene rings is 2. The van der Waals surface area contributed by atoms with Gasteiger partial charge in [0.05, 0.1) is 10.9 Å². The molecule has 4 nitrogen and oxygen atoms in total. The molecule has 0 spiro atoms. The molecule has 0 saturated carbocycles. The number of aromatic hydroxyl groups is 2. The van der Waals surface area contributed by atoms with E-state index in [9.17, 15) is 15.0 Å². The smallest absolute Gasteiger partial charge is 0.343 e. The molecular weight excluding hydrogens is 280 g/mol. The standard InChI is InChI=1S/C18H16O4/c1-2-13(11-6-4-3-5-7-11)16-17(20)14-9-8-12(19)10-15(14)22-18(16)21/h3-10,13,19-20H,2H2,1H3/t13-/m0/s1. The van der Waals surface area contributed by atoms with Crippen LogP contribution in [-0.2, 0) is 0 Å². The molecule has 0 saturated heterocycles. The predicted octanol–water partition coefficient (Wildman–Crippen LogP) is 3.75. The Morgan fingerprint density at radius 2 is 1.82 bits per heavy atom. The van der Waals surface area contributed by atoms with Crippen LogP contribution >= 0.6 is 0 Å². The van der Waals surface area contributed by atoms with Crippen LogP contribution in [0.25, 0.3) is 11.0 Å². The van der Waals surface area contributed by atoms with Crippen molar-refractivity contribution in [1.82, 2.24) is 0 Å². The van der Waals surface area contributed by atoms with E-state index in [4.69, 9.17) is 4.42 Å². The SMILES string of the molecule is CC[C@@H](c1ccccc1)c1c(O)c2ccc(O)cc2oc1=O. The summed E-state index contributed by atoms with van der Waals surface area (Å²) < 4.78 is 5.28. The predicted molar refractivity (Wildman–Crippen MR) is 84.4 cm³/mol. The molecule has 2 aromatic carbocycles. The lowest BCUT2D eigenvalue weighted by Crippen LogP contribution is -2.13. The highest BCUT2D eigenvalue weighted by molar-refractivity contribution is 5.85. The van der Waals surface area contributed by atoms with E-state index in [0.29, 0.717) is 11.8 Å². The largest absolute Gasteiger partial charge is 0.508 e. The molecular formula is C18H16O4. The average Bonchev–Trinajstić information content (AvgIpc) is 2.52.